The maximum Gasteiger partial charge on any atom is 0.245 e. The maximum absolute atomic E-state index is 14.0. The molecule has 10 heteroatoms. The van der Waals surface area contributed by atoms with Gasteiger partial charge in [0.1, 0.15) is 6.04 Å². The quantitative estimate of drug-likeness (QED) is 0.260. The molecule has 4 N–H and O–H groups in total. The second-order valence-electron chi connectivity index (χ2n) is 12.8. The zero-order chi connectivity index (χ0) is 31.3. The molecule has 2 fully saturated rings. The Hall–Kier alpha value is -3.53. The van der Waals surface area contributed by atoms with Gasteiger partial charge in [-0.3, -0.25) is 19.1 Å². The van der Waals surface area contributed by atoms with Gasteiger partial charge in [0.15, 0.2) is 11.8 Å². The minimum atomic E-state index is -0.690. The zero-order valence-corrected chi connectivity index (χ0v) is 26.5. The van der Waals surface area contributed by atoms with E-state index in [0.29, 0.717) is 50.1 Å². The number of halogens is 1. The molecular weight excluding hydrogens is 590 g/mol. The van der Waals surface area contributed by atoms with Gasteiger partial charge >= 0.3 is 0 Å². The summed E-state index contributed by atoms with van der Waals surface area (Å²) in [5, 5.41) is 27.9. The third-order valence-corrected chi connectivity index (χ3v) is 10.2. The number of piperazine rings is 1. The van der Waals surface area contributed by atoms with Crippen LogP contribution in [0.25, 0.3) is 0 Å². The van der Waals surface area contributed by atoms with Crippen molar-refractivity contribution in [2.75, 3.05) is 26.2 Å². The van der Waals surface area contributed by atoms with Crippen LogP contribution in [0.1, 0.15) is 61.3 Å². The fourth-order valence-electron chi connectivity index (χ4n) is 7.45. The summed E-state index contributed by atoms with van der Waals surface area (Å²) in [6.07, 6.45) is 6.53. The van der Waals surface area contributed by atoms with Crippen molar-refractivity contribution in [3.05, 3.63) is 82.4 Å². The highest BCUT2D eigenvalue weighted by Gasteiger charge is 2.35. The number of aromatic hydroxyl groups is 2. The van der Waals surface area contributed by atoms with E-state index in [0.717, 1.165) is 30.5 Å². The Balaban J connectivity index is 1.13. The molecule has 3 atom stereocenters. The van der Waals surface area contributed by atoms with Crippen LogP contribution in [0.5, 0.6) is 11.8 Å². The number of amides is 2. The van der Waals surface area contributed by atoms with Gasteiger partial charge in [-0.25, -0.2) is 0 Å². The fraction of sp³-hybridized carbons (Fsp3) is 0.486. The van der Waals surface area contributed by atoms with Crippen molar-refractivity contribution >= 4 is 23.4 Å². The topological polar surface area (TPSA) is 110 Å². The second-order valence-corrected chi connectivity index (χ2v) is 13.2. The van der Waals surface area contributed by atoms with Crippen molar-refractivity contribution in [1.29, 1.82) is 0 Å². The summed E-state index contributed by atoms with van der Waals surface area (Å²) in [5.74, 6) is 0.373. The molecule has 6 rings (SSSR count). The van der Waals surface area contributed by atoms with Crippen LogP contribution in [0.15, 0.2) is 60.7 Å². The van der Waals surface area contributed by atoms with Gasteiger partial charge in [0.25, 0.3) is 0 Å². The molecule has 3 heterocycles. The van der Waals surface area contributed by atoms with Crippen LogP contribution in [0.3, 0.4) is 0 Å². The standard InChI is InChI=1S/C35H44ClN5O4/c36-27-12-10-24(11-13-27)20-30(38-32(42)21-29-28-9-5-4-8-26(28)22-37-29)35(45)40-18-16-39(17-19-40)31(25-6-2-1-3-7-25)23-41-33(43)14-15-34(41)44/h4-5,8-15,25,29-31,37,43-44H,1-3,6-7,16-23H2,(H,38,42)/t29?,30-,31?/m1/s1. The van der Waals surface area contributed by atoms with Crippen molar-refractivity contribution in [3.63, 3.8) is 0 Å². The summed E-state index contributed by atoms with van der Waals surface area (Å²) in [7, 11) is 0. The fourth-order valence-corrected chi connectivity index (χ4v) is 7.58. The molecule has 9 nitrogen and oxygen atoms in total. The van der Waals surface area contributed by atoms with Crippen LogP contribution < -0.4 is 10.6 Å². The van der Waals surface area contributed by atoms with Crippen LogP contribution in [0, 0.1) is 5.92 Å². The summed E-state index contributed by atoms with van der Waals surface area (Å²) in [6, 6.07) is 18.0. The molecule has 45 heavy (non-hydrogen) atoms. The van der Waals surface area contributed by atoms with Gasteiger partial charge in [0, 0.05) is 81.3 Å². The van der Waals surface area contributed by atoms with Crippen LogP contribution >= 0.6 is 11.6 Å². The molecule has 3 aromatic rings. The lowest BCUT2D eigenvalue weighted by Crippen LogP contribution is -2.58. The second kappa shape index (κ2) is 14.3. The number of carbonyl (C=O) groups excluding carboxylic acids is 2. The highest BCUT2D eigenvalue weighted by atomic mass is 35.5. The molecule has 0 radical (unpaired) electrons. The number of aromatic nitrogens is 1. The number of hydrogen-bond acceptors (Lipinski definition) is 6. The van der Waals surface area contributed by atoms with Crippen molar-refractivity contribution in [3.8, 4) is 11.8 Å². The maximum atomic E-state index is 14.0. The summed E-state index contributed by atoms with van der Waals surface area (Å²) in [6.45, 7) is 3.74. The lowest BCUT2D eigenvalue weighted by atomic mass is 9.83. The van der Waals surface area contributed by atoms with E-state index in [-0.39, 0.29) is 42.1 Å². The Labute approximate surface area is 270 Å². The molecule has 0 bridgehead atoms. The van der Waals surface area contributed by atoms with E-state index in [1.807, 2.05) is 41.3 Å². The Morgan fingerprint density at radius 1 is 0.911 bits per heavy atom. The van der Waals surface area contributed by atoms with Crippen molar-refractivity contribution < 1.29 is 19.8 Å². The Morgan fingerprint density at radius 3 is 2.31 bits per heavy atom. The average molecular weight is 634 g/mol. The van der Waals surface area contributed by atoms with Gasteiger partial charge in [0.2, 0.25) is 11.8 Å². The molecule has 2 aromatic carbocycles. The normalized spacial score (nSPS) is 20.5. The minimum absolute atomic E-state index is 0.0687. The summed E-state index contributed by atoms with van der Waals surface area (Å²) < 4.78 is 1.59. The molecule has 1 saturated heterocycles. The molecule has 2 aliphatic heterocycles. The highest BCUT2D eigenvalue weighted by Crippen LogP contribution is 2.33. The van der Waals surface area contributed by atoms with Gasteiger partial charge in [-0.2, -0.15) is 0 Å². The Morgan fingerprint density at radius 2 is 1.60 bits per heavy atom. The summed E-state index contributed by atoms with van der Waals surface area (Å²) in [5.41, 5.74) is 3.28. The number of rotatable bonds is 10. The van der Waals surface area contributed by atoms with Crippen molar-refractivity contribution in [2.24, 2.45) is 5.92 Å². The monoisotopic (exact) mass is 633 g/mol. The molecule has 2 unspecified atom stereocenters. The summed E-state index contributed by atoms with van der Waals surface area (Å²) in [4.78, 5) is 31.7. The molecule has 1 aromatic heterocycles. The van der Waals surface area contributed by atoms with E-state index in [1.165, 1.54) is 37.0 Å². The lowest BCUT2D eigenvalue weighted by molar-refractivity contribution is -0.138. The molecular formula is C35H44ClN5O4. The van der Waals surface area contributed by atoms with Crippen LogP contribution in [0.4, 0.5) is 0 Å². The van der Waals surface area contributed by atoms with E-state index in [1.54, 1.807) is 4.57 Å². The van der Waals surface area contributed by atoms with Gasteiger partial charge in [-0.15, -0.1) is 0 Å². The number of fused-ring (bicyclic) bond motifs is 1. The van der Waals surface area contributed by atoms with E-state index in [2.05, 4.69) is 27.7 Å². The van der Waals surface area contributed by atoms with Gasteiger partial charge in [-0.1, -0.05) is 67.3 Å². The third-order valence-electron chi connectivity index (χ3n) is 9.94. The summed E-state index contributed by atoms with van der Waals surface area (Å²) >= 11 is 6.12. The SMILES string of the molecule is O=C(CC1NCc2ccccc21)N[C@H](Cc1ccc(Cl)cc1)C(=O)N1CCN(C(Cn2c(O)ccc2O)C2CCCCC2)CC1. The average Bonchev–Trinajstić information content (AvgIpc) is 3.62. The number of benzene rings is 2. The molecule has 1 saturated carbocycles. The van der Waals surface area contributed by atoms with E-state index < -0.39 is 6.04 Å². The van der Waals surface area contributed by atoms with Gasteiger partial charge in [-0.05, 0) is 47.6 Å². The molecule has 240 valence electrons. The Kier molecular flexibility index (Phi) is 9.97. The van der Waals surface area contributed by atoms with E-state index >= 15 is 0 Å². The molecule has 3 aliphatic rings. The first-order valence-corrected chi connectivity index (χ1v) is 16.7. The Bertz CT molecular complexity index is 1440. The zero-order valence-electron chi connectivity index (χ0n) is 25.7. The third kappa shape index (κ3) is 7.48. The first-order chi connectivity index (χ1) is 21.9. The van der Waals surface area contributed by atoms with Crippen LogP contribution in [-0.4, -0.2) is 74.7 Å². The van der Waals surface area contributed by atoms with Gasteiger partial charge in [0.05, 0.1) is 0 Å². The smallest absolute Gasteiger partial charge is 0.245 e. The van der Waals surface area contributed by atoms with Crippen molar-refractivity contribution in [1.82, 2.24) is 25.0 Å². The first-order valence-electron chi connectivity index (χ1n) is 16.3. The molecule has 1 aliphatic carbocycles. The van der Waals surface area contributed by atoms with E-state index in [4.69, 9.17) is 11.6 Å². The van der Waals surface area contributed by atoms with Crippen LogP contribution in [-0.2, 0) is 29.1 Å². The largest absolute Gasteiger partial charge is 0.494 e. The predicted molar refractivity (Wildman–Crippen MR) is 174 cm³/mol. The van der Waals surface area contributed by atoms with Crippen molar-refractivity contribution in [2.45, 2.75) is 76.2 Å². The molecule has 2 amide bonds. The number of carbonyl (C=O) groups is 2. The molecule has 0 spiro atoms. The number of hydrogen-bond donors (Lipinski definition) is 4. The van der Waals surface area contributed by atoms with Crippen LogP contribution in [0.2, 0.25) is 5.02 Å². The highest BCUT2D eigenvalue weighted by molar-refractivity contribution is 6.30. The lowest BCUT2D eigenvalue weighted by Gasteiger charge is -2.44. The predicted octanol–water partition coefficient (Wildman–Crippen LogP) is 4.61. The minimum Gasteiger partial charge on any atom is -0.494 e. The van der Waals surface area contributed by atoms with Gasteiger partial charge < -0.3 is 25.7 Å². The number of nitrogens with zero attached hydrogens (tertiary/aromatic N) is 3. The first kappa shape index (κ1) is 31.5. The van der Waals surface area contributed by atoms with E-state index in [9.17, 15) is 19.8 Å². The number of nitrogens with one attached hydrogen (secondary N) is 2.